The van der Waals surface area contributed by atoms with Gasteiger partial charge in [-0.15, -0.1) is 0 Å². The summed E-state index contributed by atoms with van der Waals surface area (Å²) in [5.41, 5.74) is 16.2. The third kappa shape index (κ3) is 20.5. The van der Waals surface area contributed by atoms with Crippen LogP contribution in [0.15, 0.2) is 146 Å². The van der Waals surface area contributed by atoms with Crippen LogP contribution < -0.4 is 60.3 Å². The van der Waals surface area contributed by atoms with Crippen LogP contribution in [0.5, 0.6) is 0 Å². The van der Waals surface area contributed by atoms with E-state index >= 15 is 0 Å². The van der Waals surface area contributed by atoms with Crippen molar-refractivity contribution in [2.75, 3.05) is 0 Å². The molecule has 0 aliphatic carbocycles. The Bertz CT molecular complexity index is 2440. The molecule has 0 amide bonds. The molecule has 352 valence electrons. The molecule has 2 aliphatic rings. The van der Waals surface area contributed by atoms with Crippen molar-refractivity contribution in [3.05, 3.63) is 168 Å². The molecule has 0 saturated carbocycles. The number of benzene rings is 4. The minimum absolute atomic E-state index is 0. The summed E-state index contributed by atoms with van der Waals surface area (Å²) in [5.74, 6) is 0. The van der Waals surface area contributed by atoms with Crippen LogP contribution in [0, 0.1) is 0 Å². The van der Waals surface area contributed by atoms with Gasteiger partial charge in [-0.3, -0.25) is 29.3 Å². The number of nitrogens with zero attached hydrogens (tertiary/aromatic N) is 2. The molecule has 9 rings (SSSR count). The Labute approximate surface area is 467 Å². The third-order valence-electron chi connectivity index (χ3n) is 9.00. The molecule has 0 unspecified atom stereocenters. The number of aromatic amines is 2. The fourth-order valence-electron chi connectivity index (χ4n) is 6.84. The number of H-pyrrole nitrogens is 2. The van der Waals surface area contributed by atoms with Gasteiger partial charge in [-0.2, -0.15) is 0 Å². The van der Waals surface area contributed by atoms with Gasteiger partial charge in [0.05, 0.1) is 22.8 Å². The van der Waals surface area contributed by atoms with Crippen molar-refractivity contribution in [2.45, 2.75) is 0 Å². The molecular formula is C44H30B4Mn6N4O12. The van der Waals surface area contributed by atoms with Crippen LogP contribution >= 0.6 is 0 Å². The van der Waals surface area contributed by atoms with E-state index in [4.69, 9.17) is 70.3 Å². The zero-order valence-electron chi connectivity index (χ0n) is 35.5. The van der Waals surface area contributed by atoms with E-state index in [1.165, 1.54) is 0 Å². The van der Waals surface area contributed by atoms with Crippen molar-refractivity contribution < 1.29 is 163 Å². The molecular weight excluding hydrogens is 1150 g/mol. The first-order chi connectivity index (χ1) is 30.7. The average Bonchev–Trinajstić information content (AvgIpc) is 4.10. The van der Waals surface area contributed by atoms with Gasteiger partial charge in [0.15, 0.2) is 0 Å². The van der Waals surface area contributed by atoms with E-state index in [0.717, 1.165) is 89.4 Å². The predicted molar refractivity (Wildman–Crippen MR) is 224 cm³/mol. The molecule has 70 heavy (non-hydrogen) atoms. The monoisotopic (exact) mass is 1180 g/mol. The molecule has 0 saturated heterocycles. The van der Waals surface area contributed by atoms with E-state index in [2.05, 4.69) is 156 Å². The van der Waals surface area contributed by atoms with Crippen molar-refractivity contribution in [3.8, 4) is 44.5 Å². The van der Waals surface area contributed by atoms with Gasteiger partial charge in [-0.25, -0.2) is 9.97 Å². The predicted octanol–water partition coefficient (Wildman–Crippen LogP) is -4.48. The van der Waals surface area contributed by atoms with Gasteiger partial charge in [0.25, 0.3) is 0 Å². The van der Waals surface area contributed by atoms with E-state index in [1.807, 2.05) is 24.3 Å². The molecule has 2 aliphatic heterocycles. The van der Waals surface area contributed by atoms with Gasteiger partial charge >= 0.3 is 102 Å². The second kappa shape index (κ2) is 34.7. The van der Waals surface area contributed by atoms with E-state index in [1.54, 1.807) is 0 Å². The fourth-order valence-corrected chi connectivity index (χ4v) is 6.84. The van der Waals surface area contributed by atoms with E-state index in [0.29, 0.717) is 0 Å². The van der Waals surface area contributed by atoms with Crippen LogP contribution in [0.1, 0.15) is 22.8 Å². The maximum atomic E-state index is 8.42. The first kappa shape index (κ1) is 68.5. The Hall–Kier alpha value is -3.62. The minimum Gasteiger partial charge on any atom is -0.907 e. The SMILES string of the molecule is C1=Cc2nc1c(-c1ccccc1)c1ccc([nH]1)c(-c1ccccc1)c1nc(c(-c3ccccc3)c3ccc([nH]3)c2-c2ccccc2)C=C1.[Mn+2].[Mn+2].[Mn+2].[Mn+2].[Mn+2].[Mn+2].[O-]B([O-])[O-].[O-]B([O-])[O-].[O-]B([O-])[O-].[O-]B([O-])[O-]. The van der Waals surface area contributed by atoms with Gasteiger partial charge in [-0.05, 0) is 70.8 Å². The molecule has 2 N–H and O–H groups in total. The zero-order chi connectivity index (χ0) is 46.2. The molecule has 0 fully saturated rings. The average molecular weight is 1180 g/mol. The maximum absolute atomic E-state index is 8.42. The molecule has 8 bridgehead atoms. The van der Waals surface area contributed by atoms with Crippen LogP contribution in [0.3, 0.4) is 0 Å². The van der Waals surface area contributed by atoms with Crippen molar-refractivity contribution in [2.24, 2.45) is 0 Å². The first-order valence-electron chi connectivity index (χ1n) is 19.0. The van der Waals surface area contributed by atoms with Crippen LogP contribution in [0.25, 0.3) is 90.9 Å². The number of hydrogen-bond acceptors (Lipinski definition) is 14. The van der Waals surface area contributed by atoms with Crippen molar-refractivity contribution >= 4 is 75.7 Å². The molecule has 16 nitrogen and oxygen atoms in total. The molecule has 0 atom stereocenters. The topological polar surface area (TPSA) is 334 Å². The second-order valence-electron chi connectivity index (χ2n) is 13.1. The maximum Gasteiger partial charge on any atom is 2.00 e. The smallest absolute Gasteiger partial charge is 0.907 e. The van der Waals surface area contributed by atoms with Crippen molar-refractivity contribution in [1.29, 1.82) is 0 Å². The van der Waals surface area contributed by atoms with Crippen LogP contribution in [-0.2, 0) is 102 Å². The van der Waals surface area contributed by atoms with Crippen molar-refractivity contribution in [3.63, 3.8) is 0 Å². The normalized spacial score (nSPS) is 9.77. The summed E-state index contributed by atoms with van der Waals surface area (Å²) < 4.78 is 0. The molecule has 5 heterocycles. The summed E-state index contributed by atoms with van der Waals surface area (Å²) in [6.07, 6.45) is 8.54. The Morgan fingerprint density at radius 1 is 0.257 bits per heavy atom. The Kier molecular flexibility index (Phi) is 33.9. The number of nitrogens with one attached hydrogen (secondary N) is 2. The summed E-state index contributed by atoms with van der Waals surface area (Å²) in [4.78, 5) is 18.3. The van der Waals surface area contributed by atoms with Gasteiger partial charge in [0.1, 0.15) is 0 Å². The molecule has 7 aromatic rings. The van der Waals surface area contributed by atoms with Crippen LogP contribution in [-0.4, -0.2) is 49.2 Å². The second-order valence-corrected chi connectivity index (χ2v) is 13.1. The quantitative estimate of drug-likeness (QED) is 0.157. The summed E-state index contributed by atoms with van der Waals surface area (Å²) in [6.45, 7) is 0. The molecule has 4 aromatic carbocycles. The van der Waals surface area contributed by atoms with Crippen LogP contribution in [0.4, 0.5) is 0 Å². The van der Waals surface area contributed by atoms with Gasteiger partial charge in [0, 0.05) is 44.3 Å². The summed E-state index contributed by atoms with van der Waals surface area (Å²) in [7, 11) is -11.7. The largest absolute Gasteiger partial charge is 2.00 e. The molecule has 6 radical (unpaired) electrons. The minimum atomic E-state index is -2.92. The number of rotatable bonds is 4. The Balaban J connectivity index is 0. The molecule has 3 aromatic heterocycles. The summed E-state index contributed by atoms with van der Waals surface area (Å²) in [5, 5.41) is 101. The molecule has 26 heteroatoms. The summed E-state index contributed by atoms with van der Waals surface area (Å²) >= 11 is 0. The standard InChI is InChI=1S/C44H30N4.4BO3.6Mn/c1-5-13-29(14-6-1)41-33-21-23-35(45-33)42(30-15-7-2-8-16-30)37-25-27-39(47-37)44(32-19-11-4-12-20-32)40-28-26-38(48-40)43(31-17-9-3-10-18-31)36-24-22-34(41)46-36;4*2-1(3)4;;;;;;/h1-28,45,48H;;;;;;;;;;/q;4*-3;6*+2. The first-order valence-corrected chi connectivity index (χ1v) is 19.0. The third-order valence-corrected chi connectivity index (χ3v) is 9.00. The van der Waals surface area contributed by atoms with Gasteiger partial charge in [0.2, 0.25) is 0 Å². The number of aromatic nitrogens is 4. The Morgan fingerprint density at radius 3 is 0.571 bits per heavy atom. The van der Waals surface area contributed by atoms with E-state index < -0.39 is 29.3 Å². The Morgan fingerprint density at radius 2 is 0.414 bits per heavy atom. The zero-order valence-corrected chi connectivity index (χ0v) is 42.6. The number of fused-ring (bicyclic) bond motifs is 8. The van der Waals surface area contributed by atoms with Gasteiger partial charge in [-0.1, -0.05) is 121 Å². The van der Waals surface area contributed by atoms with Crippen LogP contribution in [0.2, 0.25) is 0 Å². The number of hydrogen-bond donors (Lipinski definition) is 2. The van der Waals surface area contributed by atoms with E-state index in [9.17, 15) is 0 Å². The van der Waals surface area contributed by atoms with Crippen molar-refractivity contribution in [1.82, 2.24) is 19.9 Å². The summed E-state index contributed by atoms with van der Waals surface area (Å²) in [6, 6.07) is 50.7. The van der Waals surface area contributed by atoms with E-state index in [-0.39, 0.29) is 102 Å². The fraction of sp³-hybridized carbons (Fsp3) is 0. The molecule has 0 spiro atoms. The van der Waals surface area contributed by atoms with Gasteiger partial charge < -0.3 is 70.3 Å².